The Hall–Kier alpha value is -0.630. The van der Waals surface area contributed by atoms with E-state index in [1.54, 1.807) is 0 Å². The molecular weight excluding hydrogens is 160 g/mol. The smallest absolute Gasteiger partial charge is 0.0386 e. The van der Waals surface area contributed by atoms with E-state index in [1.807, 2.05) is 0 Å². The summed E-state index contributed by atoms with van der Waals surface area (Å²) in [4.78, 5) is 4.05. The molecule has 0 bridgehead atoms. The fourth-order valence-electron chi connectivity index (χ4n) is 1.85. The SMILES string of the molecule is C=NC1=C(C)CC(NCCC)CC1. The van der Waals surface area contributed by atoms with Crippen LogP contribution in [0.1, 0.15) is 39.5 Å². The molecule has 0 saturated carbocycles. The first-order valence-corrected chi connectivity index (χ1v) is 5.16. The lowest BCUT2D eigenvalue weighted by molar-refractivity contribution is 0.455. The molecule has 0 radical (unpaired) electrons. The highest BCUT2D eigenvalue weighted by molar-refractivity contribution is 5.31. The zero-order chi connectivity index (χ0) is 9.68. The fraction of sp³-hybridized carbons (Fsp3) is 0.727. The van der Waals surface area contributed by atoms with E-state index in [1.165, 1.54) is 24.1 Å². The summed E-state index contributed by atoms with van der Waals surface area (Å²) in [5.41, 5.74) is 2.63. The zero-order valence-corrected chi connectivity index (χ0v) is 8.77. The van der Waals surface area contributed by atoms with Gasteiger partial charge in [0.2, 0.25) is 0 Å². The number of allylic oxidation sites excluding steroid dienone is 1. The highest BCUT2D eigenvalue weighted by Gasteiger charge is 2.16. The maximum atomic E-state index is 4.05. The fourth-order valence-corrected chi connectivity index (χ4v) is 1.85. The van der Waals surface area contributed by atoms with Crippen LogP contribution in [-0.4, -0.2) is 19.3 Å². The summed E-state index contributed by atoms with van der Waals surface area (Å²) in [6.07, 6.45) is 4.67. The normalized spacial score (nSPS) is 23.4. The molecule has 1 unspecified atom stereocenters. The third-order valence-electron chi connectivity index (χ3n) is 2.65. The standard InChI is InChI=1S/C11H20N2/c1-4-7-13-10-5-6-11(12-3)9(2)8-10/h10,13H,3-8H2,1-2H3. The van der Waals surface area contributed by atoms with Crippen LogP contribution >= 0.6 is 0 Å². The summed E-state index contributed by atoms with van der Waals surface area (Å²) in [6, 6.07) is 0.672. The van der Waals surface area contributed by atoms with Crippen LogP contribution in [-0.2, 0) is 0 Å². The number of aliphatic imine (C=N–C) groups is 1. The molecule has 0 heterocycles. The minimum absolute atomic E-state index is 0.672. The van der Waals surface area contributed by atoms with Gasteiger partial charge in [-0.1, -0.05) is 12.5 Å². The Bertz CT molecular complexity index is 206. The average molecular weight is 180 g/mol. The third kappa shape index (κ3) is 2.96. The molecule has 0 fully saturated rings. The van der Waals surface area contributed by atoms with E-state index in [-0.39, 0.29) is 0 Å². The van der Waals surface area contributed by atoms with Crippen molar-refractivity contribution in [3.05, 3.63) is 11.3 Å². The number of nitrogens with one attached hydrogen (secondary N) is 1. The number of rotatable bonds is 4. The topological polar surface area (TPSA) is 24.4 Å². The minimum Gasteiger partial charge on any atom is -0.314 e. The van der Waals surface area contributed by atoms with Gasteiger partial charge in [-0.05, 0) is 45.9 Å². The van der Waals surface area contributed by atoms with Crippen molar-refractivity contribution in [2.24, 2.45) is 4.99 Å². The van der Waals surface area contributed by atoms with E-state index in [0.29, 0.717) is 6.04 Å². The molecule has 2 heteroatoms. The molecule has 74 valence electrons. The highest BCUT2D eigenvalue weighted by Crippen LogP contribution is 2.25. The van der Waals surface area contributed by atoms with Crippen LogP contribution < -0.4 is 5.32 Å². The van der Waals surface area contributed by atoms with Crippen molar-refractivity contribution in [2.75, 3.05) is 6.54 Å². The maximum absolute atomic E-state index is 4.05. The van der Waals surface area contributed by atoms with Gasteiger partial charge in [-0.2, -0.15) is 0 Å². The largest absolute Gasteiger partial charge is 0.314 e. The number of hydrogen-bond donors (Lipinski definition) is 1. The van der Waals surface area contributed by atoms with Gasteiger partial charge in [-0.15, -0.1) is 0 Å². The van der Waals surface area contributed by atoms with Gasteiger partial charge in [0.15, 0.2) is 0 Å². The average Bonchev–Trinajstić information content (AvgIpc) is 2.15. The summed E-state index contributed by atoms with van der Waals surface area (Å²) >= 11 is 0. The number of nitrogens with zero attached hydrogens (tertiary/aromatic N) is 1. The molecule has 13 heavy (non-hydrogen) atoms. The van der Waals surface area contributed by atoms with Crippen molar-refractivity contribution >= 4 is 6.72 Å². The summed E-state index contributed by atoms with van der Waals surface area (Å²) in [7, 11) is 0. The molecule has 1 atom stereocenters. The van der Waals surface area contributed by atoms with E-state index < -0.39 is 0 Å². The lowest BCUT2D eigenvalue weighted by Gasteiger charge is -2.24. The van der Waals surface area contributed by atoms with Crippen molar-refractivity contribution in [2.45, 2.75) is 45.6 Å². The molecule has 0 aliphatic heterocycles. The molecule has 2 nitrogen and oxygen atoms in total. The van der Waals surface area contributed by atoms with Gasteiger partial charge in [0.05, 0.1) is 0 Å². The van der Waals surface area contributed by atoms with E-state index in [4.69, 9.17) is 0 Å². The lowest BCUT2D eigenvalue weighted by Crippen LogP contribution is -2.32. The monoisotopic (exact) mass is 180 g/mol. The summed E-state index contributed by atoms with van der Waals surface area (Å²) in [5.74, 6) is 0. The molecule has 0 aromatic heterocycles. The van der Waals surface area contributed by atoms with Crippen molar-refractivity contribution in [1.82, 2.24) is 5.32 Å². The molecule has 0 amide bonds. The van der Waals surface area contributed by atoms with Crippen molar-refractivity contribution in [3.63, 3.8) is 0 Å². The van der Waals surface area contributed by atoms with Crippen LogP contribution in [0, 0.1) is 0 Å². The molecular formula is C11H20N2. The second-order valence-electron chi connectivity index (χ2n) is 3.78. The molecule has 1 N–H and O–H groups in total. The molecule has 1 aliphatic rings. The lowest BCUT2D eigenvalue weighted by atomic mass is 9.93. The first-order chi connectivity index (χ1) is 6.27. The van der Waals surface area contributed by atoms with Crippen molar-refractivity contribution in [1.29, 1.82) is 0 Å². The van der Waals surface area contributed by atoms with E-state index >= 15 is 0 Å². The molecule has 0 spiro atoms. The van der Waals surface area contributed by atoms with Gasteiger partial charge >= 0.3 is 0 Å². The Labute approximate surface area is 81.1 Å². The Morgan fingerprint density at radius 3 is 2.92 bits per heavy atom. The van der Waals surface area contributed by atoms with E-state index in [9.17, 15) is 0 Å². The first kappa shape index (κ1) is 10.5. The van der Waals surface area contributed by atoms with Gasteiger partial charge in [-0.25, -0.2) is 0 Å². The van der Waals surface area contributed by atoms with Crippen LogP contribution in [0.5, 0.6) is 0 Å². The van der Waals surface area contributed by atoms with Crippen molar-refractivity contribution < 1.29 is 0 Å². The summed E-state index contributed by atoms with van der Waals surface area (Å²) in [6.45, 7) is 9.10. The van der Waals surface area contributed by atoms with Crippen LogP contribution in [0.4, 0.5) is 0 Å². The summed E-state index contributed by atoms with van der Waals surface area (Å²) < 4.78 is 0. The van der Waals surface area contributed by atoms with E-state index in [2.05, 4.69) is 30.9 Å². The third-order valence-corrected chi connectivity index (χ3v) is 2.65. The first-order valence-electron chi connectivity index (χ1n) is 5.16. The van der Waals surface area contributed by atoms with Gasteiger partial charge in [0.25, 0.3) is 0 Å². The summed E-state index contributed by atoms with van der Waals surface area (Å²) in [5, 5.41) is 3.55. The van der Waals surface area contributed by atoms with Gasteiger partial charge in [0, 0.05) is 11.7 Å². The predicted molar refractivity (Wildman–Crippen MR) is 58.2 cm³/mol. The predicted octanol–water partition coefficient (Wildman–Crippen LogP) is 2.51. The molecule has 1 aliphatic carbocycles. The second kappa shape index (κ2) is 5.18. The minimum atomic E-state index is 0.672. The molecule has 0 aromatic carbocycles. The van der Waals surface area contributed by atoms with Crippen molar-refractivity contribution in [3.8, 4) is 0 Å². The van der Waals surface area contributed by atoms with Crippen LogP contribution in [0.2, 0.25) is 0 Å². The second-order valence-corrected chi connectivity index (χ2v) is 3.78. The van der Waals surface area contributed by atoms with Crippen LogP contribution in [0.15, 0.2) is 16.3 Å². The maximum Gasteiger partial charge on any atom is 0.0386 e. The Balaban J connectivity index is 2.42. The zero-order valence-electron chi connectivity index (χ0n) is 8.77. The molecule has 1 rings (SSSR count). The van der Waals surface area contributed by atoms with Gasteiger partial charge < -0.3 is 5.32 Å². The Morgan fingerprint density at radius 2 is 2.38 bits per heavy atom. The quantitative estimate of drug-likeness (QED) is 0.660. The number of hydrogen-bond acceptors (Lipinski definition) is 2. The van der Waals surface area contributed by atoms with Gasteiger partial charge in [-0.3, -0.25) is 4.99 Å². The van der Waals surface area contributed by atoms with E-state index in [0.717, 1.165) is 19.4 Å². The Kier molecular flexibility index (Phi) is 4.16. The van der Waals surface area contributed by atoms with Crippen LogP contribution in [0.3, 0.4) is 0 Å². The Morgan fingerprint density at radius 1 is 1.62 bits per heavy atom. The highest BCUT2D eigenvalue weighted by atomic mass is 14.9. The van der Waals surface area contributed by atoms with Crippen LogP contribution in [0.25, 0.3) is 0 Å². The molecule has 0 saturated heterocycles. The molecule has 0 aromatic rings. The van der Waals surface area contributed by atoms with Gasteiger partial charge in [0.1, 0.15) is 0 Å².